The molecule has 6 heteroatoms. The Balaban J connectivity index is 0.000000225. The molecule has 0 atom stereocenters. The molecular weight excluding hydrogens is 280 g/mol. The number of anilines is 1. The predicted octanol–water partition coefficient (Wildman–Crippen LogP) is 3.20. The Labute approximate surface area is 130 Å². The highest BCUT2D eigenvalue weighted by atomic mass is 16.4. The van der Waals surface area contributed by atoms with Crippen LogP contribution in [0, 0.1) is 5.92 Å². The minimum atomic E-state index is -0.635. The molecule has 4 N–H and O–H groups in total. The van der Waals surface area contributed by atoms with Crippen molar-refractivity contribution in [2.24, 2.45) is 11.8 Å². The van der Waals surface area contributed by atoms with Crippen molar-refractivity contribution in [3.8, 4) is 0 Å². The van der Waals surface area contributed by atoms with Gasteiger partial charge in [-0.25, -0.2) is 5.84 Å². The number of nitrogen functional groups attached to an aromatic ring is 1. The number of hydrazine groups is 1. The number of carbonyl (C=O) groups is 1. The second-order valence-electron chi connectivity index (χ2n) is 5.04. The zero-order chi connectivity index (χ0) is 16.4. The molecule has 0 fully saturated rings. The van der Waals surface area contributed by atoms with Crippen LogP contribution in [-0.4, -0.2) is 21.3 Å². The SMILES string of the molecule is CCCC(CCC)C(=O)O.NNc1nncc2ccccc12. The van der Waals surface area contributed by atoms with Crippen LogP contribution in [0.1, 0.15) is 39.5 Å². The standard InChI is InChI=1S/C8H8N4.C8H16O2/c9-11-8-7-4-2-1-3-6(7)5-10-12-8;1-3-5-7(6-4-2)8(9)10/h1-5H,9H2,(H,11,12);7H,3-6H2,1-2H3,(H,9,10). The number of carboxylic acid groups (broad SMARTS) is 1. The summed E-state index contributed by atoms with van der Waals surface area (Å²) in [4.78, 5) is 10.5. The van der Waals surface area contributed by atoms with Crippen molar-refractivity contribution in [3.63, 3.8) is 0 Å². The molecule has 1 aromatic heterocycles. The molecule has 22 heavy (non-hydrogen) atoms. The van der Waals surface area contributed by atoms with Gasteiger partial charge in [0, 0.05) is 10.8 Å². The van der Waals surface area contributed by atoms with E-state index in [0.717, 1.165) is 36.5 Å². The highest BCUT2D eigenvalue weighted by Gasteiger charge is 2.13. The highest BCUT2D eigenvalue weighted by molar-refractivity contribution is 5.90. The summed E-state index contributed by atoms with van der Waals surface area (Å²) < 4.78 is 0. The highest BCUT2D eigenvalue weighted by Crippen LogP contribution is 2.17. The van der Waals surface area contributed by atoms with Gasteiger partial charge >= 0.3 is 5.97 Å². The molecule has 2 aromatic rings. The van der Waals surface area contributed by atoms with Crippen LogP contribution in [-0.2, 0) is 4.79 Å². The molecule has 0 radical (unpaired) electrons. The predicted molar refractivity (Wildman–Crippen MR) is 88.3 cm³/mol. The Morgan fingerprint density at radius 2 is 1.91 bits per heavy atom. The summed E-state index contributed by atoms with van der Waals surface area (Å²) in [6.45, 7) is 4.04. The number of fused-ring (bicyclic) bond motifs is 1. The van der Waals surface area contributed by atoms with E-state index >= 15 is 0 Å². The van der Waals surface area contributed by atoms with Gasteiger partial charge in [0.15, 0.2) is 5.82 Å². The molecule has 0 saturated heterocycles. The van der Waals surface area contributed by atoms with Crippen molar-refractivity contribution in [2.75, 3.05) is 5.43 Å². The molecule has 0 saturated carbocycles. The number of nitrogens with one attached hydrogen (secondary N) is 1. The average molecular weight is 304 g/mol. The van der Waals surface area contributed by atoms with E-state index in [9.17, 15) is 4.79 Å². The Bertz CT molecular complexity index is 578. The van der Waals surface area contributed by atoms with Crippen molar-refractivity contribution in [2.45, 2.75) is 39.5 Å². The number of aliphatic carboxylic acids is 1. The first-order chi connectivity index (χ1) is 10.6. The summed E-state index contributed by atoms with van der Waals surface area (Å²) >= 11 is 0. The molecule has 0 amide bonds. The van der Waals surface area contributed by atoms with Crippen LogP contribution in [0.4, 0.5) is 5.82 Å². The van der Waals surface area contributed by atoms with Crippen LogP contribution >= 0.6 is 0 Å². The van der Waals surface area contributed by atoms with Crippen molar-refractivity contribution in [1.29, 1.82) is 0 Å². The number of nitrogens with zero attached hydrogens (tertiary/aromatic N) is 2. The van der Waals surface area contributed by atoms with Crippen molar-refractivity contribution in [3.05, 3.63) is 30.5 Å². The Morgan fingerprint density at radius 1 is 1.27 bits per heavy atom. The Morgan fingerprint density at radius 3 is 2.45 bits per heavy atom. The molecule has 6 nitrogen and oxygen atoms in total. The van der Waals surface area contributed by atoms with Crippen LogP contribution in [0.15, 0.2) is 30.5 Å². The van der Waals surface area contributed by atoms with Gasteiger partial charge in [0.2, 0.25) is 0 Å². The first-order valence-electron chi connectivity index (χ1n) is 7.53. The molecule has 0 aliphatic carbocycles. The fraction of sp³-hybridized carbons (Fsp3) is 0.438. The summed E-state index contributed by atoms with van der Waals surface area (Å²) in [5, 5.41) is 18.3. The largest absolute Gasteiger partial charge is 0.481 e. The van der Waals surface area contributed by atoms with E-state index in [0.29, 0.717) is 5.82 Å². The monoisotopic (exact) mass is 304 g/mol. The zero-order valence-corrected chi connectivity index (χ0v) is 13.1. The second kappa shape index (κ2) is 9.68. The summed E-state index contributed by atoms with van der Waals surface area (Å²) in [6, 6.07) is 7.79. The lowest BCUT2D eigenvalue weighted by Gasteiger charge is -2.07. The lowest BCUT2D eigenvalue weighted by molar-refractivity contribution is -0.142. The van der Waals surface area contributed by atoms with Crippen LogP contribution in [0.25, 0.3) is 10.8 Å². The number of aromatic nitrogens is 2. The van der Waals surface area contributed by atoms with E-state index in [1.807, 2.05) is 38.1 Å². The van der Waals surface area contributed by atoms with Gasteiger partial charge in [0.05, 0.1) is 12.1 Å². The first kappa shape index (κ1) is 17.8. The summed E-state index contributed by atoms with van der Waals surface area (Å²) in [7, 11) is 0. The lowest BCUT2D eigenvalue weighted by Crippen LogP contribution is -2.12. The van der Waals surface area contributed by atoms with Crippen LogP contribution in [0.3, 0.4) is 0 Å². The van der Waals surface area contributed by atoms with Gasteiger partial charge < -0.3 is 10.5 Å². The third kappa shape index (κ3) is 5.29. The molecule has 0 bridgehead atoms. The third-order valence-corrected chi connectivity index (χ3v) is 3.33. The van der Waals surface area contributed by atoms with E-state index in [1.165, 1.54) is 0 Å². The van der Waals surface area contributed by atoms with Crippen LogP contribution < -0.4 is 11.3 Å². The van der Waals surface area contributed by atoms with E-state index in [2.05, 4.69) is 15.6 Å². The normalized spacial score (nSPS) is 10.2. The van der Waals surface area contributed by atoms with Crippen molar-refractivity contribution in [1.82, 2.24) is 10.2 Å². The maximum absolute atomic E-state index is 10.5. The fourth-order valence-corrected chi connectivity index (χ4v) is 2.22. The summed E-state index contributed by atoms with van der Waals surface area (Å²) in [5.74, 6) is 5.13. The van der Waals surface area contributed by atoms with E-state index in [4.69, 9.17) is 10.9 Å². The minimum absolute atomic E-state index is 0.102. The number of nitrogens with two attached hydrogens (primary N) is 1. The van der Waals surface area contributed by atoms with Crippen LogP contribution in [0.5, 0.6) is 0 Å². The van der Waals surface area contributed by atoms with E-state index < -0.39 is 5.97 Å². The number of rotatable bonds is 6. The van der Waals surface area contributed by atoms with Gasteiger partial charge in [0.25, 0.3) is 0 Å². The fourth-order valence-electron chi connectivity index (χ4n) is 2.22. The van der Waals surface area contributed by atoms with Gasteiger partial charge in [-0.1, -0.05) is 51.0 Å². The molecule has 0 spiro atoms. The topological polar surface area (TPSA) is 101 Å². The smallest absolute Gasteiger partial charge is 0.306 e. The molecular formula is C16H24N4O2. The molecule has 2 rings (SSSR count). The van der Waals surface area contributed by atoms with E-state index in [1.54, 1.807) is 6.20 Å². The number of hydrogen-bond donors (Lipinski definition) is 3. The minimum Gasteiger partial charge on any atom is -0.481 e. The molecule has 1 aromatic carbocycles. The Hall–Kier alpha value is -2.21. The number of carboxylic acids is 1. The first-order valence-corrected chi connectivity index (χ1v) is 7.53. The lowest BCUT2D eigenvalue weighted by atomic mass is 9.99. The summed E-state index contributed by atoms with van der Waals surface area (Å²) in [6.07, 6.45) is 5.29. The van der Waals surface area contributed by atoms with E-state index in [-0.39, 0.29) is 5.92 Å². The molecule has 0 unspecified atom stereocenters. The quantitative estimate of drug-likeness (QED) is 0.559. The van der Waals surface area contributed by atoms with Gasteiger partial charge in [-0.3, -0.25) is 4.79 Å². The number of benzene rings is 1. The maximum Gasteiger partial charge on any atom is 0.306 e. The van der Waals surface area contributed by atoms with Crippen molar-refractivity contribution >= 4 is 22.6 Å². The van der Waals surface area contributed by atoms with Gasteiger partial charge in [-0.2, -0.15) is 5.10 Å². The molecule has 0 aliphatic rings. The van der Waals surface area contributed by atoms with Gasteiger partial charge in [-0.15, -0.1) is 5.10 Å². The van der Waals surface area contributed by atoms with Gasteiger partial charge in [-0.05, 0) is 12.8 Å². The zero-order valence-electron chi connectivity index (χ0n) is 13.1. The number of hydrogen-bond acceptors (Lipinski definition) is 5. The molecule has 1 heterocycles. The molecule has 0 aliphatic heterocycles. The third-order valence-electron chi connectivity index (χ3n) is 3.33. The van der Waals surface area contributed by atoms with Gasteiger partial charge in [0.1, 0.15) is 0 Å². The van der Waals surface area contributed by atoms with Crippen molar-refractivity contribution < 1.29 is 9.90 Å². The Kier molecular flexibility index (Phi) is 7.85. The average Bonchev–Trinajstić information content (AvgIpc) is 2.54. The second-order valence-corrected chi connectivity index (χ2v) is 5.04. The summed E-state index contributed by atoms with van der Waals surface area (Å²) in [5.41, 5.74) is 2.50. The maximum atomic E-state index is 10.5. The van der Waals surface area contributed by atoms with Crippen LogP contribution in [0.2, 0.25) is 0 Å². The molecule has 120 valence electrons.